The van der Waals surface area contributed by atoms with Crippen LogP contribution in [-0.4, -0.2) is 92.8 Å². The normalized spacial score (nSPS) is 12.8. The summed E-state index contributed by atoms with van der Waals surface area (Å²) in [5.74, 6) is -1.19. The largest absolute Gasteiger partial charge is 0.467 e. The van der Waals surface area contributed by atoms with Crippen molar-refractivity contribution >= 4 is 30.2 Å². The molecule has 0 saturated carbocycles. The molecule has 0 aliphatic heterocycles. The monoisotopic (exact) mass is 638 g/mol. The number of H-pyrrole nitrogens is 1. The van der Waals surface area contributed by atoms with Crippen LogP contribution in [0.2, 0.25) is 0 Å². The average Bonchev–Trinajstić information content (AvgIpc) is 3.56. The van der Waals surface area contributed by atoms with E-state index in [2.05, 4.69) is 30.3 Å². The molecular weight excluding hydrogens is 592 g/mol. The third-order valence-electron chi connectivity index (χ3n) is 4.99. The van der Waals surface area contributed by atoms with Gasteiger partial charge in [0.1, 0.15) is 35.2 Å². The van der Waals surface area contributed by atoms with E-state index in [9.17, 15) is 24.0 Å². The first-order valence-corrected chi connectivity index (χ1v) is 14.0. The summed E-state index contributed by atoms with van der Waals surface area (Å²) >= 11 is 0. The highest BCUT2D eigenvalue weighted by Crippen LogP contribution is 2.12. The Morgan fingerprint density at radius 2 is 1.24 bits per heavy atom. The van der Waals surface area contributed by atoms with Gasteiger partial charge in [0.15, 0.2) is 0 Å². The van der Waals surface area contributed by atoms with E-state index in [0.717, 1.165) is 0 Å². The van der Waals surface area contributed by atoms with Gasteiger partial charge in [0.05, 0.1) is 26.2 Å². The smallest absolute Gasteiger partial charge is 0.419 e. The number of carbonyl (C=O) groups is 5. The summed E-state index contributed by atoms with van der Waals surface area (Å²) in [6, 6.07) is -1.82. The van der Waals surface area contributed by atoms with Crippen molar-refractivity contribution in [3.63, 3.8) is 0 Å². The molecule has 16 nitrogen and oxygen atoms in total. The number of imidazole rings is 2. The average molecular weight is 639 g/mol. The van der Waals surface area contributed by atoms with Gasteiger partial charge in [-0.15, -0.1) is 0 Å². The number of hydrogen-bond acceptors (Lipinski definition) is 12. The van der Waals surface area contributed by atoms with Crippen LogP contribution in [-0.2, 0) is 46.1 Å². The number of alkyl carbamates (subject to hydrolysis) is 2. The van der Waals surface area contributed by atoms with Crippen LogP contribution in [0.4, 0.5) is 14.4 Å². The zero-order valence-electron chi connectivity index (χ0n) is 27.8. The number of rotatable bonds is 8. The molecule has 3 N–H and O–H groups in total. The molecular formula is C29H46N6O10. The summed E-state index contributed by atoms with van der Waals surface area (Å²) in [6.45, 7) is 15.6. The SMILES string of the molecule is COC(=O)[C@H](Cc1cn(C(=O)OC(C)(C)C)cn1)NC(=O)OC(C)(C)C.COC(=O)[C@H](Cc1cnc[nH]1)NC(=O)OC(C)(C)C. The van der Waals surface area contributed by atoms with E-state index in [1.54, 1.807) is 68.5 Å². The molecule has 0 aliphatic carbocycles. The molecule has 0 unspecified atom stereocenters. The van der Waals surface area contributed by atoms with E-state index in [-0.39, 0.29) is 12.8 Å². The zero-order valence-corrected chi connectivity index (χ0v) is 27.8. The minimum Gasteiger partial charge on any atom is -0.467 e. The van der Waals surface area contributed by atoms with Crippen LogP contribution < -0.4 is 10.6 Å². The summed E-state index contributed by atoms with van der Waals surface area (Å²) in [5.41, 5.74) is -0.857. The Balaban J connectivity index is 0.000000472. The molecule has 2 atom stereocenters. The van der Waals surface area contributed by atoms with Crippen LogP contribution in [0.25, 0.3) is 0 Å². The highest BCUT2D eigenvalue weighted by molar-refractivity contribution is 5.82. The molecule has 0 radical (unpaired) electrons. The highest BCUT2D eigenvalue weighted by atomic mass is 16.6. The van der Waals surface area contributed by atoms with Crippen molar-refractivity contribution in [3.05, 3.63) is 36.4 Å². The maximum atomic E-state index is 12.0. The summed E-state index contributed by atoms with van der Waals surface area (Å²) in [5, 5.41) is 4.93. The van der Waals surface area contributed by atoms with Crippen LogP contribution in [0.1, 0.15) is 73.7 Å². The number of nitrogens with one attached hydrogen (secondary N) is 3. The van der Waals surface area contributed by atoms with Crippen molar-refractivity contribution in [1.29, 1.82) is 0 Å². The van der Waals surface area contributed by atoms with E-state index in [4.69, 9.17) is 18.9 Å². The van der Waals surface area contributed by atoms with Gasteiger partial charge in [-0.25, -0.2) is 38.5 Å². The molecule has 0 spiro atoms. The first kappa shape index (κ1) is 38.4. The highest BCUT2D eigenvalue weighted by Gasteiger charge is 2.27. The second-order valence-electron chi connectivity index (χ2n) is 12.7. The number of aromatic nitrogens is 4. The third-order valence-corrected chi connectivity index (χ3v) is 4.99. The van der Waals surface area contributed by atoms with Gasteiger partial charge in [-0.2, -0.15) is 0 Å². The Hall–Kier alpha value is -4.63. The Morgan fingerprint density at radius 3 is 1.64 bits per heavy atom. The lowest BCUT2D eigenvalue weighted by Crippen LogP contribution is -2.45. The number of methoxy groups -OCH3 is 2. The van der Waals surface area contributed by atoms with Gasteiger partial charge in [0.2, 0.25) is 0 Å². The van der Waals surface area contributed by atoms with Crippen LogP contribution >= 0.6 is 0 Å². The van der Waals surface area contributed by atoms with Crippen LogP contribution in [0, 0.1) is 0 Å². The van der Waals surface area contributed by atoms with Gasteiger partial charge in [0.25, 0.3) is 0 Å². The molecule has 16 heteroatoms. The molecule has 45 heavy (non-hydrogen) atoms. The van der Waals surface area contributed by atoms with Crippen molar-refractivity contribution in [3.8, 4) is 0 Å². The first-order valence-electron chi connectivity index (χ1n) is 14.0. The quantitative estimate of drug-likeness (QED) is 0.282. The zero-order chi connectivity index (χ0) is 34.6. The fourth-order valence-corrected chi connectivity index (χ4v) is 3.28. The topological polar surface area (TPSA) is 202 Å². The summed E-state index contributed by atoms with van der Waals surface area (Å²) < 4.78 is 26.0. The molecule has 2 aromatic heterocycles. The van der Waals surface area contributed by atoms with E-state index < -0.39 is 59.1 Å². The van der Waals surface area contributed by atoms with Gasteiger partial charge >= 0.3 is 30.2 Å². The molecule has 2 amide bonds. The van der Waals surface area contributed by atoms with Gasteiger partial charge in [-0.05, 0) is 62.3 Å². The molecule has 2 rings (SSSR count). The van der Waals surface area contributed by atoms with E-state index in [1.165, 1.54) is 37.6 Å². The van der Waals surface area contributed by atoms with Gasteiger partial charge in [0, 0.05) is 30.9 Å². The second kappa shape index (κ2) is 16.4. The first-order chi connectivity index (χ1) is 20.6. The van der Waals surface area contributed by atoms with Crippen molar-refractivity contribution in [2.24, 2.45) is 0 Å². The van der Waals surface area contributed by atoms with Crippen molar-refractivity contribution < 1.29 is 47.7 Å². The number of esters is 2. The fraction of sp³-hybridized carbons (Fsp3) is 0.621. The van der Waals surface area contributed by atoms with E-state index >= 15 is 0 Å². The molecule has 0 saturated heterocycles. The van der Waals surface area contributed by atoms with Gasteiger partial charge in [-0.3, -0.25) is 0 Å². The number of nitrogens with zero attached hydrogens (tertiary/aromatic N) is 3. The fourth-order valence-electron chi connectivity index (χ4n) is 3.28. The Labute approximate surface area is 262 Å². The van der Waals surface area contributed by atoms with Crippen molar-refractivity contribution in [2.45, 2.75) is 104 Å². The minimum absolute atomic E-state index is 0.0295. The van der Waals surface area contributed by atoms with Crippen molar-refractivity contribution in [1.82, 2.24) is 30.2 Å². The summed E-state index contributed by atoms with van der Waals surface area (Å²) in [6.07, 6.45) is 4.07. The second-order valence-corrected chi connectivity index (χ2v) is 12.7. The Bertz CT molecular complexity index is 1270. The lowest BCUT2D eigenvalue weighted by Gasteiger charge is -2.22. The lowest BCUT2D eigenvalue weighted by molar-refractivity contribution is -0.143. The summed E-state index contributed by atoms with van der Waals surface area (Å²) in [7, 11) is 2.48. The Morgan fingerprint density at radius 1 is 0.778 bits per heavy atom. The van der Waals surface area contributed by atoms with Gasteiger partial charge in [-0.1, -0.05) is 0 Å². The number of carbonyl (C=O) groups excluding carboxylic acids is 5. The van der Waals surface area contributed by atoms with Gasteiger partial charge < -0.3 is 39.3 Å². The number of aromatic amines is 1. The van der Waals surface area contributed by atoms with Crippen LogP contribution in [0.3, 0.4) is 0 Å². The number of ether oxygens (including phenoxy) is 5. The molecule has 0 bridgehead atoms. The Kier molecular flexibility index (Phi) is 14.0. The molecule has 0 aliphatic rings. The van der Waals surface area contributed by atoms with E-state index in [0.29, 0.717) is 11.4 Å². The maximum Gasteiger partial charge on any atom is 0.419 e. The predicted molar refractivity (Wildman–Crippen MR) is 160 cm³/mol. The van der Waals surface area contributed by atoms with Crippen LogP contribution in [0.5, 0.6) is 0 Å². The lowest BCUT2D eigenvalue weighted by atomic mass is 10.1. The number of amides is 2. The standard InChI is InChI=1S/C17H27N3O6.C12H19N3O4/c1-16(2,3)25-14(22)19-12(13(21)24-7)8-11-9-20(10-18-11)15(23)26-17(4,5)6;1-12(2,3)19-11(17)15-9(10(16)18-4)5-8-6-13-7-14-8/h9-10,12H,8H2,1-7H3,(H,19,22);6-7,9H,5H2,1-4H3,(H,13,14)(H,15,17)/t12-;9-/m00/s1. The minimum atomic E-state index is -1.00. The molecule has 0 aromatic carbocycles. The molecule has 0 fully saturated rings. The van der Waals surface area contributed by atoms with Crippen LogP contribution in [0.15, 0.2) is 25.0 Å². The number of hydrogen-bond donors (Lipinski definition) is 3. The molecule has 2 aromatic rings. The van der Waals surface area contributed by atoms with Crippen molar-refractivity contribution in [2.75, 3.05) is 14.2 Å². The maximum absolute atomic E-state index is 12.0. The van der Waals surface area contributed by atoms with E-state index in [1.807, 2.05) is 0 Å². The molecule has 2 heterocycles. The third kappa shape index (κ3) is 16.1. The summed E-state index contributed by atoms with van der Waals surface area (Å²) in [4.78, 5) is 69.9. The predicted octanol–water partition coefficient (Wildman–Crippen LogP) is 3.29. The molecule has 252 valence electrons.